The third-order valence-electron chi connectivity index (χ3n) is 3.36. The van der Waals surface area contributed by atoms with Gasteiger partial charge in [-0.15, -0.1) is 0 Å². The largest absolute Gasteiger partial charge is 0.493 e. The predicted molar refractivity (Wildman–Crippen MR) is 88.5 cm³/mol. The Bertz CT molecular complexity index is 531. The number of hydrogen-bond acceptors (Lipinski definition) is 4. The highest BCUT2D eigenvalue weighted by molar-refractivity contribution is 5.96. The molecule has 0 radical (unpaired) electrons. The van der Waals surface area contributed by atoms with Gasteiger partial charge in [-0.25, -0.2) is 0 Å². The summed E-state index contributed by atoms with van der Waals surface area (Å²) in [6.07, 6.45) is 2.57. The zero-order chi connectivity index (χ0) is 17.2. The van der Waals surface area contributed by atoms with Crippen LogP contribution in [0.5, 0.6) is 11.5 Å². The lowest BCUT2D eigenvalue weighted by atomic mass is 10.1. The molecule has 0 aromatic heterocycles. The maximum absolute atomic E-state index is 12.1. The van der Waals surface area contributed by atoms with E-state index in [2.05, 4.69) is 10.9 Å². The molecular formula is C17H26N2O4. The van der Waals surface area contributed by atoms with Crippen molar-refractivity contribution < 1.29 is 19.1 Å². The van der Waals surface area contributed by atoms with Crippen LogP contribution in [0.1, 0.15) is 50.4 Å². The Morgan fingerprint density at radius 3 is 2.48 bits per heavy atom. The van der Waals surface area contributed by atoms with Crippen molar-refractivity contribution in [2.24, 2.45) is 5.92 Å². The number of rotatable bonds is 8. The fourth-order valence-corrected chi connectivity index (χ4v) is 2.02. The number of benzene rings is 1. The van der Waals surface area contributed by atoms with Crippen molar-refractivity contribution in [1.82, 2.24) is 10.9 Å². The number of amides is 2. The smallest absolute Gasteiger partial charge is 0.269 e. The molecule has 1 aromatic rings. The Kier molecular flexibility index (Phi) is 7.94. The average molecular weight is 322 g/mol. The lowest BCUT2D eigenvalue weighted by Crippen LogP contribution is -2.44. The molecule has 1 unspecified atom stereocenters. The third-order valence-corrected chi connectivity index (χ3v) is 3.36. The van der Waals surface area contributed by atoms with Gasteiger partial charge in [0.05, 0.1) is 13.7 Å². The minimum absolute atomic E-state index is 0.139. The van der Waals surface area contributed by atoms with E-state index in [1.807, 2.05) is 20.8 Å². The number of carbonyl (C=O) groups excluding carboxylic acids is 2. The summed E-state index contributed by atoms with van der Waals surface area (Å²) in [6.45, 7) is 6.43. The summed E-state index contributed by atoms with van der Waals surface area (Å²) in [6, 6.07) is 4.90. The summed E-state index contributed by atoms with van der Waals surface area (Å²) in [5, 5.41) is 0. The number of nitrogens with one attached hydrogen (secondary N) is 2. The van der Waals surface area contributed by atoms with E-state index in [-0.39, 0.29) is 11.8 Å². The molecule has 0 bridgehead atoms. The quantitative estimate of drug-likeness (QED) is 0.722. The Morgan fingerprint density at radius 2 is 1.87 bits per heavy atom. The van der Waals surface area contributed by atoms with Gasteiger partial charge in [-0.1, -0.05) is 27.2 Å². The lowest BCUT2D eigenvalue weighted by Gasteiger charge is -2.13. The monoisotopic (exact) mass is 322 g/mol. The molecule has 2 amide bonds. The van der Waals surface area contributed by atoms with E-state index >= 15 is 0 Å². The summed E-state index contributed by atoms with van der Waals surface area (Å²) in [5.74, 6) is 0.334. The molecule has 0 aliphatic heterocycles. The Morgan fingerprint density at radius 1 is 1.13 bits per heavy atom. The molecule has 6 nitrogen and oxygen atoms in total. The van der Waals surface area contributed by atoms with Crippen molar-refractivity contribution in [1.29, 1.82) is 0 Å². The summed E-state index contributed by atoms with van der Waals surface area (Å²) < 4.78 is 10.8. The first-order valence-corrected chi connectivity index (χ1v) is 7.94. The van der Waals surface area contributed by atoms with E-state index in [9.17, 15) is 9.59 Å². The predicted octanol–water partition coefficient (Wildman–Crippen LogP) is 2.68. The molecule has 128 valence electrons. The highest BCUT2D eigenvalue weighted by Gasteiger charge is 2.14. The zero-order valence-electron chi connectivity index (χ0n) is 14.3. The fraction of sp³-hybridized carbons (Fsp3) is 0.529. The zero-order valence-corrected chi connectivity index (χ0v) is 14.3. The summed E-state index contributed by atoms with van der Waals surface area (Å²) in [7, 11) is 1.52. The van der Waals surface area contributed by atoms with Gasteiger partial charge in [0.1, 0.15) is 0 Å². The van der Waals surface area contributed by atoms with E-state index in [0.29, 0.717) is 23.7 Å². The van der Waals surface area contributed by atoms with Gasteiger partial charge in [-0.2, -0.15) is 0 Å². The molecule has 0 fully saturated rings. The first-order valence-electron chi connectivity index (χ1n) is 7.94. The number of carbonyl (C=O) groups is 2. The van der Waals surface area contributed by atoms with Crippen LogP contribution in [-0.2, 0) is 4.79 Å². The van der Waals surface area contributed by atoms with E-state index < -0.39 is 5.91 Å². The van der Waals surface area contributed by atoms with Gasteiger partial charge in [0.2, 0.25) is 5.91 Å². The van der Waals surface area contributed by atoms with Gasteiger partial charge < -0.3 is 9.47 Å². The van der Waals surface area contributed by atoms with Gasteiger partial charge in [-0.3, -0.25) is 20.4 Å². The van der Waals surface area contributed by atoms with Crippen molar-refractivity contribution in [3.05, 3.63) is 23.8 Å². The minimum atomic E-state index is -0.401. The third kappa shape index (κ3) is 5.81. The highest BCUT2D eigenvalue weighted by Crippen LogP contribution is 2.28. The van der Waals surface area contributed by atoms with Crippen molar-refractivity contribution in [2.45, 2.75) is 40.0 Å². The normalized spacial score (nSPS) is 11.5. The highest BCUT2D eigenvalue weighted by atomic mass is 16.5. The second-order valence-electron chi connectivity index (χ2n) is 5.35. The van der Waals surface area contributed by atoms with Crippen LogP contribution < -0.4 is 20.3 Å². The fourth-order valence-electron chi connectivity index (χ4n) is 2.02. The SMILES string of the molecule is CCCOc1ccc(C(=O)NNC(=O)C(C)CCC)cc1OC. The van der Waals surface area contributed by atoms with Crippen LogP contribution >= 0.6 is 0 Å². The minimum Gasteiger partial charge on any atom is -0.493 e. The Balaban J connectivity index is 2.67. The Hall–Kier alpha value is -2.24. The molecule has 2 N–H and O–H groups in total. The number of hydrazine groups is 1. The molecule has 0 heterocycles. The average Bonchev–Trinajstić information content (AvgIpc) is 2.57. The Labute approximate surface area is 137 Å². The van der Waals surface area contributed by atoms with Crippen molar-refractivity contribution in [3.8, 4) is 11.5 Å². The van der Waals surface area contributed by atoms with Crippen LogP contribution in [0.15, 0.2) is 18.2 Å². The molecule has 23 heavy (non-hydrogen) atoms. The number of ether oxygens (including phenoxy) is 2. The van der Waals surface area contributed by atoms with Crippen molar-refractivity contribution >= 4 is 11.8 Å². The number of hydrogen-bond donors (Lipinski definition) is 2. The van der Waals surface area contributed by atoms with Crippen LogP contribution in [0.25, 0.3) is 0 Å². The molecule has 1 rings (SSSR count). The number of methoxy groups -OCH3 is 1. The molecular weight excluding hydrogens is 296 g/mol. The first-order chi connectivity index (χ1) is 11.0. The molecule has 6 heteroatoms. The second kappa shape index (κ2) is 9.71. The van der Waals surface area contributed by atoms with Crippen LogP contribution in [0.4, 0.5) is 0 Å². The van der Waals surface area contributed by atoms with E-state index in [1.165, 1.54) is 7.11 Å². The van der Waals surface area contributed by atoms with Gasteiger partial charge in [0, 0.05) is 11.5 Å². The van der Waals surface area contributed by atoms with Crippen LogP contribution in [0, 0.1) is 5.92 Å². The molecule has 0 saturated carbocycles. The van der Waals surface area contributed by atoms with Crippen molar-refractivity contribution in [2.75, 3.05) is 13.7 Å². The lowest BCUT2D eigenvalue weighted by molar-refractivity contribution is -0.125. The molecule has 1 aromatic carbocycles. The summed E-state index contributed by atoms with van der Waals surface area (Å²) in [4.78, 5) is 23.9. The summed E-state index contributed by atoms with van der Waals surface area (Å²) in [5.41, 5.74) is 5.24. The molecule has 0 spiro atoms. The second-order valence-corrected chi connectivity index (χ2v) is 5.35. The van der Waals surface area contributed by atoms with Gasteiger partial charge in [0.25, 0.3) is 5.91 Å². The first kappa shape index (κ1) is 18.8. The van der Waals surface area contributed by atoms with Crippen LogP contribution in [0.2, 0.25) is 0 Å². The van der Waals surface area contributed by atoms with Gasteiger partial charge in [0.15, 0.2) is 11.5 Å². The van der Waals surface area contributed by atoms with Crippen molar-refractivity contribution in [3.63, 3.8) is 0 Å². The van der Waals surface area contributed by atoms with E-state index in [4.69, 9.17) is 9.47 Å². The van der Waals surface area contributed by atoms with Crippen LogP contribution in [0.3, 0.4) is 0 Å². The van der Waals surface area contributed by atoms with E-state index in [1.54, 1.807) is 18.2 Å². The molecule has 0 aliphatic rings. The maximum atomic E-state index is 12.1. The van der Waals surface area contributed by atoms with E-state index in [0.717, 1.165) is 19.3 Å². The van der Waals surface area contributed by atoms with Gasteiger partial charge in [-0.05, 0) is 31.0 Å². The van der Waals surface area contributed by atoms with Crippen LogP contribution in [-0.4, -0.2) is 25.5 Å². The van der Waals surface area contributed by atoms with Gasteiger partial charge >= 0.3 is 0 Å². The standard InChI is InChI=1S/C17H26N2O4/c1-5-7-12(3)16(20)18-19-17(21)13-8-9-14(23-10-6-2)15(11-13)22-4/h8-9,11-12H,5-7,10H2,1-4H3,(H,18,20)(H,19,21). The molecule has 0 saturated heterocycles. The summed E-state index contributed by atoms with van der Waals surface area (Å²) >= 11 is 0. The topological polar surface area (TPSA) is 76.7 Å². The maximum Gasteiger partial charge on any atom is 0.269 e. The molecule has 1 atom stereocenters. The molecule has 0 aliphatic carbocycles.